The van der Waals surface area contributed by atoms with E-state index in [0.29, 0.717) is 5.89 Å². The Morgan fingerprint density at radius 1 is 1.15 bits per heavy atom. The van der Waals surface area contributed by atoms with E-state index in [9.17, 15) is 0 Å². The highest BCUT2D eigenvalue weighted by molar-refractivity contribution is 14.2. The largest absolute Gasteiger partial charge is 0.337 e. The van der Waals surface area contributed by atoms with Crippen molar-refractivity contribution in [1.82, 2.24) is 10.1 Å². The standard InChI is InChI=1S/C8H12I2N2O/c1-7(2,3)5-11-6(13-12-5)8(4,9)10/h1-4H3. The van der Waals surface area contributed by atoms with Crippen LogP contribution in [0.5, 0.6) is 0 Å². The number of nitrogens with zero attached hydrogens (tertiary/aromatic N) is 2. The Hall–Kier alpha value is 0.600. The first-order chi connectivity index (χ1) is 5.71. The van der Waals surface area contributed by atoms with Gasteiger partial charge in [-0.2, -0.15) is 4.98 Å². The van der Waals surface area contributed by atoms with Crippen LogP contribution in [0.1, 0.15) is 39.4 Å². The maximum atomic E-state index is 5.18. The van der Waals surface area contributed by atoms with Gasteiger partial charge in [-0.25, -0.2) is 0 Å². The van der Waals surface area contributed by atoms with Crippen LogP contribution in [0.4, 0.5) is 0 Å². The second-order valence-corrected chi connectivity index (χ2v) is 10.4. The van der Waals surface area contributed by atoms with Gasteiger partial charge in [0.25, 0.3) is 5.89 Å². The lowest BCUT2D eigenvalue weighted by molar-refractivity contribution is 0.364. The molecule has 0 aromatic carbocycles. The normalized spacial score (nSPS) is 13.4. The highest BCUT2D eigenvalue weighted by atomic mass is 127. The highest BCUT2D eigenvalue weighted by Gasteiger charge is 2.29. The molecule has 1 aromatic rings. The van der Waals surface area contributed by atoms with Gasteiger partial charge in [0, 0.05) is 5.41 Å². The van der Waals surface area contributed by atoms with Gasteiger partial charge in [-0.1, -0.05) is 71.1 Å². The summed E-state index contributed by atoms with van der Waals surface area (Å²) in [6, 6.07) is 0. The van der Waals surface area contributed by atoms with E-state index in [-0.39, 0.29) is 6.84 Å². The van der Waals surface area contributed by atoms with Crippen LogP contribution in [0.25, 0.3) is 0 Å². The molecule has 3 nitrogen and oxygen atoms in total. The Labute approximate surface area is 105 Å². The molecule has 1 aromatic heterocycles. The van der Waals surface area contributed by atoms with Crippen molar-refractivity contribution < 1.29 is 4.52 Å². The first kappa shape index (κ1) is 11.7. The second-order valence-electron chi connectivity index (χ2n) is 4.06. The summed E-state index contributed by atoms with van der Waals surface area (Å²) in [5.74, 6) is 1.45. The lowest BCUT2D eigenvalue weighted by Crippen LogP contribution is -2.14. The fourth-order valence-corrected chi connectivity index (χ4v) is 1.14. The Balaban J connectivity index is 3.01. The Morgan fingerprint density at radius 2 is 1.69 bits per heavy atom. The second kappa shape index (κ2) is 3.63. The minimum atomic E-state index is -0.119. The van der Waals surface area contributed by atoms with E-state index in [1.165, 1.54) is 0 Å². The van der Waals surface area contributed by atoms with E-state index in [4.69, 9.17) is 4.52 Å². The van der Waals surface area contributed by atoms with Gasteiger partial charge in [0.15, 0.2) is 5.82 Å². The van der Waals surface area contributed by atoms with Crippen LogP contribution in [0.2, 0.25) is 0 Å². The number of aromatic nitrogens is 2. The molecule has 1 heterocycles. The zero-order chi connectivity index (χ0) is 10.3. The zero-order valence-electron chi connectivity index (χ0n) is 8.06. The van der Waals surface area contributed by atoms with Crippen molar-refractivity contribution in [2.24, 2.45) is 0 Å². The van der Waals surface area contributed by atoms with E-state index >= 15 is 0 Å². The predicted molar refractivity (Wildman–Crippen MR) is 68.4 cm³/mol. The molecule has 74 valence electrons. The third kappa shape index (κ3) is 3.03. The summed E-state index contributed by atoms with van der Waals surface area (Å²) >= 11 is 4.55. The monoisotopic (exact) mass is 406 g/mol. The van der Waals surface area contributed by atoms with Crippen molar-refractivity contribution in [3.05, 3.63) is 11.7 Å². The minimum absolute atomic E-state index is 0.0414. The lowest BCUT2D eigenvalue weighted by atomic mass is 9.96. The van der Waals surface area contributed by atoms with Crippen molar-refractivity contribution in [3.63, 3.8) is 0 Å². The summed E-state index contributed by atoms with van der Waals surface area (Å²) in [4.78, 5) is 4.36. The van der Waals surface area contributed by atoms with Gasteiger partial charge in [-0.3, -0.25) is 0 Å². The summed E-state index contributed by atoms with van der Waals surface area (Å²) < 4.78 is 5.06. The summed E-state index contributed by atoms with van der Waals surface area (Å²) in [6.07, 6.45) is 0. The molecule has 0 fully saturated rings. The van der Waals surface area contributed by atoms with Crippen molar-refractivity contribution in [2.75, 3.05) is 0 Å². The van der Waals surface area contributed by atoms with E-state index < -0.39 is 0 Å². The molecule has 0 spiro atoms. The molecule has 1 rings (SSSR count). The number of hydrogen-bond acceptors (Lipinski definition) is 3. The highest BCUT2D eigenvalue weighted by Crippen LogP contribution is 2.38. The van der Waals surface area contributed by atoms with E-state index in [2.05, 4.69) is 76.1 Å². The molecule has 13 heavy (non-hydrogen) atoms. The minimum Gasteiger partial charge on any atom is -0.337 e. The summed E-state index contributed by atoms with van der Waals surface area (Å²) in [5, 5.41) is 3.96. The molecule has 0 atom stereocenters. The van der Waals surface area contributed by atoms with Crippen molar-refractivity contribution in [2.45, 2.75) is 34.5 Å². The molecule has 0 aliphatic rings. The molecule has 0 saturated heterocycles. The van der Waals surface area contributed by atoms with E-state index in [1.807, 2.05) is 6.92 Å². The average Bonchev–Trinajstić information content (AvgIpc) is 2.28. The Bertz CT molecular complexity index is 267. The molecule has 0 amide bonds. The van der Waals surface area contributed by atoms with Gasteiger partial charge in [0.2, 0.25) is 0 Å². The van der Waals surface area contributed by atoms with Gasteiger partial charge in [0.1, 0.15) is 1.43 Å². The quantitative estimate of drug-likeness (QED) is 0.531. The van der Waals surface area contributed by atoms with Gasteiger partial charge in [-0.05, 0) is 6.92 Å². The first-order valence-electron chi connectivity index (χ1n) is 3.94. The molecule has 0 unspecified atom stereocenters. The molecular formula is C8H12I2N2O. The van der Waals surface area contributed by atoms with Gasteiger partial charge < -0.3 is 4.52 Å². The van der Waals surface area contributed by atoms with Crippen LogP contribution in [0.15, 0.2) is 4.52 Å². The third-order valence-electron chi connectivity index (χ3n) is 1.47. The lowest BCUT2D eigenvalue weighted by Gasteiger charge is -2.11. The number of hydrogen-bond donors (Lipinski definition) is 0. The van der Waals surface area contributed by atoms with Crippen LogP contribution in [0, 0.1) is 0 Å². The third-order valence-corrected chi connectivity index (χ3v) is 2.40. The van der Waals surface area contributed by atoms with E-state index in [1.54, 1.807) is 0 Å². The number of alkyl halides is 2. The smallest absolute Gasteiger partial charge is 0.252 e. The topological polar surface area (TPSA) is 38.9 Å². The van der Waals surface area contributed by atoms with Gasteiger partial charge in [-0.15, -0.1) is 0 Å². The maximum Gasteiger partial charge on any atom is 0.252 e. The molecule has 0 radical (unpaired) electrons. The molecule has 0 aliphatic heterocycles. The molecule has 0 bridgehead atoms. The average molecular weight is 406 g/mol. The summed E-state index contributed by atoms with van der Waals surface area (Å²) in [5.41, 5.74) is -0.0414. The molecule has 0 aliphatic carbocycles. The van der Waals surface area contributed by atoms with Crippen LogP contribution in [-0.4, -0.2) is 10.1 Å². The summed E-state index contributed by atoms with van der Waals surface area (Å²) in [7, 11) is 0. The van der Waals surface area contributed by atoms with Gasteiger partial charge >= 0.3 is 0 Å². The van der Waals surface area contributed by atoms with Gasteiger partial charge in [0.05, 0.1) is 0 Å². The van der Waals surface area contributed by atoms with Crippen molar-refractivity contribution in [1.29, 1.82) is 0 Å². The zero-order valence-corrected chi connectivity index (χ0v) is 12.4. The van der Waals surface area contributed by atoms with Crippen molar-refractivity contribution in [3.8, 4) is 0 Å². The fourth-order valence-electron chi connectivity index (χ4n) is 0.706. The van der Waals surface area contributed by atoms with Crippen LogP contribution >= 0.6 is 45.2 Å². The van der Waals surface area contributed by atoms with E-state index in [0.717, 1.165) is 5.82 Å². The summed E-state index contributed by atoms with van der Waals surface area (Å²) in [6.45, 7) is 8.24. The molecular weight excluding hydrogens is 394 g/mol. The van der Waals surface area contributed by atoms with Crippen LogP contribution in [-0.2, 0) is 6.84 Å². The SMILES string of the molecule is CC(C)(C)c1noc(C(C)(I)I)n1. The first-order valence-corrected chi connectivity index (χ1v) is 6.09. The Morgan fingerprint density at radius 3 is 1.92 bits per heavy atom. The number of rotatable bonds is 1. The molecule has 0 saturated carbocycles. The van der Waals surface area contributed by atoms with Crippen LogP contribution < -0.4 is 0 Å². The maximum absolute atomic E-state index is 5.18. The molecule has 5 heteroatoms. The Kier molecular flexibility index (Phi) is 3.26. The van der Waals surface area contributed by atoms with Crippen molar-refractivity contribution >= 4 is 45.2 Å². The van der Waals surface area contributed by atoms with Crippen LogP contribution in [0.3, 0.4) is 0 Å². The predicted octanol–water partition coefficient (Wildman–Crippen LogP) is 3.41. The number of halogens is 2. The fraction of sp³-hybridized carbons (Fsp3) is 0.750. The molecule has 0 N–H and O–H groups in total.